The van der Waals surface area contributed by atoms with Crippen LogP contribution in [0.5, 0.6) is 0 Å². The van der Waals surface area contributed by atoms with Crippen LogP contribution in [0.4, 0.5) is 5.82 Å². The van der Waals surface area contributed by atoms with E-state index in [-0.39, 0.29) is 12.0 Å². The molecule has 0 saturated carbocycles. The number of hydrogen-bond donors (Lipinski definition) is 0. The number of carbonyl (C=O) groups is 1. The van der Waals surface area contributed by atoms with Gasteiger partial charge in [0.25, 0.3) is 0 Å². The summed E-state index contributed by atoms with van der Waals surface area (Å²) in [5, 5.41) is 0. The molecule has 1 aromatic heterocycles. The van der Waals surface area contributed by atoms with Gasteiger partial charge in [-0.25, -0.2) is 4.98 Å². The third-order valence-electron chi connectivity index (χ3n) is 4.27. The smallest absolute Gasteiger partial charge is 0.225 e. The van der Waals surface area contributed by atoms with Gasteiger partial charge in [0, 0.05) is 44.5 Å². The number of rotatable bonds is 2. The van der Waals surface area contributed by atoms with Crippen molar-refractivity contribution >= 4 is 11.7 Å². The topological polar surface area (TPSA) is 58.6 Å². The predicted molar refractivity (Wildman–Crippen MR) is 79.0 cm³/mol. The monoisotopic (exact) mass is 290 g/mol. The van der Waals surface area contributed by atoms with Crippen molar-refractivity contribution in [1.29, 1.82) is 0 Å². The maximum atomic E-state index is 12.6. The molecular weight excluding hydrogens is 268 g/mol. The molecule has 2 fully saturated rings. The van der Waals surface area contributed by atoms with E-state index in [1.807, 2.05) is 11.8 Å². The van der Waals surface area contributed by atoms with Gasteiger partial charge in [0.05, 0.1) is 18.9 Å². The molecule has 1 unspecified atom stereocenters. The summed E-state index contributed by atoms with van der Waals surface area (Å²) in [6.07, 6.45) is 7.11. The number of morpholine rings is 1. The molecule has 2 aliphatic rings. The molecule has 0 N–H and O–H groups in total. The van der Waals surface area contributed by atoms with Gasteiger partial charge in [0.1, 0.15) is 5.82 Å². The fourth-order valence-electron chi connectivity index (χ4n) is 3.09. The van der Waals surface area contributed by atoms with E-state index in [0.717, 1.165) is 44.8 Å². The Kier molecular flexibility index (Phi) is 4.34. The van der Waals surface area contributed by atoms with Gasteiger partial charge >= 0.3 is 0 Å². The summed E-state index contributed by atoms with van der Waals surface area (Å²) < 4.78 is 5.50. The number of piperidine rings is 1. The van der Waals surface area contributed by atoms with Crippen molar-refractivity contribution in [2.45, 2.75) is 25.9 Å². The number of amides is 1. The van der Waals surface area contributed by atoms with Crippen molar-refractivity contribution in [2.24, 2.45) is 5.92 Å². The highest BCUT2D eigenvalue weighted by molar-refractivity contribution is 5.79. The number of nitrogens with zero attached hydrogens (tertiary/aromatic N) is 4. The van der Waals surface area contributed by atoms with Crippen LogP contribution < -0.4 is 4.90 Å². The van der Waals surface area contributed by atoms with E-state index in [1.54, 1.807) is 18.6 Å². The van der Waals surface area contributed by atoms with Gasteiger partial charge in [-0.2, -0.15) is 0 Å². The van der Waals surface area contributed by atoms with Crippen LogP contribution in [-0.4, -0.2) is 59.7 Å². The summed E-state index contributed by atoms with van der Waals surface area (Å²) in [4.78, 5) is 25.2. The van der Waals surface area contributed by atoms with Gasteiger partial charge in [-0.3, -0.25) is 9.78 Å². The van der Waals surface area contributed by atoms with Crippen molar-refractivity contribution in [3.8, 4) is 0 Å². The lowest BCUT2D eigenvalue weighted by Gasteiger charge is -2.37. The van der Waals surface area contributed by atoms with E-state index >= 15 is 0 Å². The Balaban J connectivity index is 1.54. The molecule has 0 aromatic carbocycles. The van der Waals surface area contributed by atoms with Gasteiger partial charge in [0.2, 0.25) is 5.91 Å². The average Bonchev–Trinajstić information content (AvgIpc) is 2.55. The van der Waals surface area contributed by atoms with Crippen LogP contribution in [0.2, 0.25) is 0 Å². The quantitative estimate of drug-likeness (QED) is 0.811. The molecule has 114 valence electrons. The van der Waals surface area contributed by atoms with Crippen LogP contribution in [0, 0.1) is 5.92 Å². The Bertz CT molecular complexity index is 474. The number of ether oxygens (including phenoxy) is 1. The lowest BCUT2D eigenvalue weighted by molar-refractivity contribution is -0.143. The van der Waals surface area contributed by atoms with Crippen LogP contribution >= 0.6 is 0 Å². The third-order valence-corrected chi connectivity index (χ3v) is 4.27. The molecule has 0 spiro atoms. The van der Waals surface area contributed by atoms with E-state index < -0.39 is 0 Å². The van der Waals surface area contributed by atoms with Crippen LogP contribution in [0.15, 0.2) is 18.6 Å². The Labute approximate surface area is 125 Å². The Hall–Kier alpha value is -1.69. The Morgan fingerprint density at radius 3 is 2.76 bits per heavy atom. The van der Waals surface area contributed by atoms with Crippen LogP contribution in [0.25, 0.3) is 0 Å². The molecule has 21 heavy (non-hydrogen) atoms. The van der Waals surface area contributed by atoms with E-state index in [1.165, 1.54) is 0 Å². The molecule has 3 rings (SSSR count). The predicted octanol–water partition coefficient (Wildman–Crippen LogP) is 0.940. The maximum Gasteiger partial charge on any atom is 0.225 e. The van der Waals surface area contributed by atoms with Gasteiger partial charge in [-0.15, -0.1) is 0 Å². The third kappa shape index (κ3) is 3.32. The van der Waals surface area contributed by atoms with Gasteiger partial charge in [-0.1, -0.05) is 0 Å². The molecule has 2 aliphatic heterocycles. The highest BCUT2D eigenvalue weighted by Crippen LogP contribution is 2.23. The zero-order chi connectivity index (χ0) is 14.7. The lowest BCUT2D eigenvalue weighted by atomic mass is 9.95. The second-order valence-corrected chi connectivity index (χ2v) is 5.79. The molecule has 2 saturated heterocycles. The summed E-state index contributed by atoms with van der Waals surface area (Å²) in [6.45, 7) is 5.88. The zero-order valence-electron chi connectivity index (χ0n) is 12.4. The normalized spacial score (nSPS) is 24.1. The van der Waals surface area contributed by atoms with Crippen LogP contribution in [0.1, 0.15) is 19.8 Å². The molecule has 0 radical (unpaired) electrons. The fraction of sp³-hybridized carbons (Fsp3) is 0.667. The average molecular weight is 290 g/mol. The minimum Gasteiger partial charge on any atom is -0.375 e. The molecule has 6 heteroatoms. The number of carbonyl (C=O) groups excluding carboxylic acids is 1. The molecule has 1 atom stereocenters. The Morgan fingerprint density at radius 1 is 1.29 bits per heavy atom. The highest BCUT2D eigenvalue weighted by Gasteiger charge is 2.31. The summed E-state index contributed by atoms with van der Waals surface area (Å²) in [6, 6.07) is 0. The minimum atomic E-state index is 0.142. The summed E-state index contributed by atoms with van der Waals surface area (Å²) in [5.41, 5.74) is 0. The molecule has 6 nitrogen and oxygen atoms in total. The van der Waals surface area contributed by atoms with Crippen molar-refractivity contribution < 1.29 is 9.53 Å². The van der Waals surface area contributed by atoms with E-state index in [4.69, 9.17) is 4.74 Å². The first kappa shape index (κ1) is 14.3. The first-order chi connectivity index (χ1) is 10.2. The summed E-state index contributed by atoms with van der Waals surface area (Å²) in [5.74, 6) is 1.34. The first-order valence-corrected chi connectivity index (χ1v) is 7.65. The highest BCUT2D eigenvalue weighted by atomic mass is 16.5. The van der Waals surface area contributed by atoms with Crippen LogP contribution in [0.3, 0.4) is 0 Å². The van der Waals surface area contributed by atoms with Crippen molar-refractivity contribution in [2.75, 3.05) is 37.7 Å². The summed E-state index contributed by atoms with van der Waals surface area (Å²) >= 11 is 0. The Morgan fingerprint density at radius 2 is 2.10 bits per heavy atom. The lowest BCUT2D eigenvalue weighted by Crippen LogP contribution is -2.49. The molecule has 1 aromatic rings. The zero-order valence-corrected chi connectivity index (χ0v) is 12.4. The largest absolute Gasteiger partial charge is 0.375 e. The molecule has 1 amide bonds. The maximum absolute atomic E-state index is 12.6. The fourth-order valence-corrected chi connectivity index (χ4v) is 3.09. The van der Waals surface area contributed by atoms with Gasteiger partial charge < -0.3 is 14.5 Å². The first-order valence-electron chi connectivity index (χ1n) is 7.65. The van der Waals surface area contributed by atoms with E-state index in [9.17, 15) is 4.79 Å². The molecular formula is C15H22N4O2. The molecule has 0 aliphatic carbocycles. The number of aromatic nitrogens is 2. The van der Waals surface area contributed by atoms with Crippen molar-refractivity contribution in [3.63, 3.8) is 0 Å². The molecule has 0 bridgehead atoms. The second-order valence-electron chi connectivity index (χ2n) is 5.79. The second kappa shape index (κ2) is 6.39. The van der Waals surface area contributed by atoms with E-state index in [0.29, 0.717) is 12.5 Å². The van der Waals surface area contributed by atoms with Crippen molar-refractivity contribution in [3.05, 3.63) is 18.6 Å². The van der Waals surface area contributed by atoms with Gasteiger partial charge in [0.15, 0.2) is 0 Å². The number of anilines is 1. The van der Waals surface area contributed by atoms with Gasteiger partial charge in [-0.05, 0) is 19.8 Å². The summed E-state index contributed by atoms with van der Waals surface area (Å²) in [7, 11) is 0. The standard InChI is InChI=1S/C15H22N4O2/c1-12-11-19(8-9-21-12)15(20)13-2-6-18(7-3-13)14-10-16-4-5-17-14/h4-5,10,12-13H,2-3,6-9,11H2,1H3. The van der Waals surface area contributed by atoms with E-state index in [2.05, 4.69) is 14.9 Å². The number of hydrogen-bond acceptors (Lipinski definition) is 5. The van der Waals surface area contributed by atoms with Crippen molar-refractivity contribution in [1.82, 2.24) is 14.9 Å². The van der Waals surface area contributed by atoms with Crippen LogP contribution in [-0.2, 0) is 9.53 Å². The SMILES string of the molecule is CC1CN(C(=O)C2CCN(c3cnccn3)CC2)CCO1. The molecule has 3 heterocycles. The minimum absolute atomic E-state index is 0.142.